The summed E-state index contributed by atoms with van der Waals surface area (Å²) in [5.41, 5.74) is 1.08. The van der Waals surface area contributed by atoms with Crippen molar-refractivity contribution in [1.29, 1.82) is 0 Å². The molecule has 0 aliphatic carbocycles. The van der Waals surface area contributed by atoms with Crippen molar-refractivity contribution in [3.05, 3.63) is 72.3 Å². The summed E-state index contributed by atoms with van der Waals surface area (Å²) in [7, 11) is 0. The Hall–Kier alpha value is -2.26. The van der Waals surface area contributed by atoms with Gasteiger partial charge in [0.1, 0.15) is 6.10 Å². The molecule has 3 heteroatoms. The molecule has 3 aromatic rings. The zero-order valence-electron chi connectivity index (χ0n) is 10.4. The lowest BCUT2D eigenvalue weighted by Gasteiger charge is -2.09. The fourth-order valence-corrected chi connectivity index (χ4v) is 2.16. The summed E-state index contributed by atoms with van der Waals surface area (Å²) in [6, 6.07) is 16.1. The standard InChI is InChI=1S/C16H14N2O/c19-15(16-17-8-3-9-18-16)11-12-6-7-13-4-1-2-5-14(13)10-12/h1-10,15,19H,11H2. The minimum atomic E-state index is -0.664. The Kier molecular flexibility index (Phi) is 3.21. The molecule has 19 heavy (non-hydrogen) atoms. The van der Waals surface area contributed by atoms with Crippen LogP contribution in [0, 0.1) is 0 Å². The van der Waals surface area contributed by atoms with Crippen molar-refractivity contribution >= 4 is 10.8 Å². The molecule has 0 spiro atoms. The molecule has 1 unspecified atom stereocenters. The zero-order chi connectivity index (χ0) is 13.1. The number of nitrogens with zero attached hydrogens (tertiary/aromatic N) is 2. The van der Waals surface area contributed by atoms with Gasteiger partial charge in [0.25, 0.3) is 0 Å². The Morgan fingerprint density at radius 3 is 2.42 bits per heavy atom. The maximum atomic E-state index is 10.1. The fourth-order valence-electron chi connectivity index (χ4n) is 2.16. The topological polar surface area (TPSA) is 46.0 Å². The number of hydrogen-bond acceptors (Lipinski definition) is 3. The van der Waals surface area contributed by atoms with Gasteiger partial charge in [0.2, 0.25) is 0 Å². The number of fused-ring (bicyclic) bond motifs is 1. The van der Waals surface area contributed by atoms with Crippen molar-refractivity contribution in [3.8, 4) is 0 Å². The summed E-state index contributed by atoms with van der Waals surface area (Å²) < 4.78 is 0. The molecule has 3 nitrogen and oxygen atoms in total. The van der Waals surface area contributed by atoms with Crippen LogP contribution >= 0.6 is 0 Å². The lowest BCUT2D eigenvalue weighted by atomic mass is 10.0. The highest BCUT2D eigenvalue weighted by Crippen LogP contribution is 2.19. The van der Waals surface area contributed by atoms with Gasteiger partial charge in [-0.1, -0.05) is 42.5 Å². The highest BCUT2D eigenvalue weighted by molar-refractivity contribution is 5.82. The maximum absolute atomic E-state index is 10.1. The minimum absolute atomic E-state index is 0.468. The van der Waals surface area contributed by atoms with Crippen molar-refractivity contribution in [2.75, 3.05) is 0 Å². The molecule has 0 bridgehead atoms. The molecule has 0 saturated carbocycles. The molecule has 1 N–H and O–H groups in total. The van der Waals surface area contributed by atoms with Crippen molar-refractivity contribution in [3.63, 3.8) is 0 Å². The highest BCUT2D eigenvalue weighted by Gasteiger charge is 2.11. The van der Waals surface area contributed by atoms with E-state index in [4.69, 9.17) is 0 Å². The van der Waals surface area contributed by atoms with E-state index in [0.29, 0.717) is 12.2 Å². The molecular formula is C16H14N2O. The van der Waals surface area contributed by atoms with E-state index >= 15 is 0 Å². The summed E-state index contributed by atoms with van der Waals surface area (Å²) in [6.45, 7) is 0. The molecule has 0 amide bonds. The summed E-state index contributed by atoms with van der Waals surface area (Å²) in [5.74, 6) is 0.468. The first-order chi connectivity index (χ1) is 9.33. The predicted molar refractivity (Wildman–Crippen MR) is 74.6 cm³/mol. The van der Waals surface area contributed by atoms with E-state index in [1.165, 1.54) is 10.8 Å². The van der Waals surface area contributed by atoms with E-state index in [1.807, 2.05) is 18.2 Å². The van der Waals surface area contributed by atoms with Gasteiger partial charge in [-0.2, -0.15) is 0 Å². The van der Waals surface area contributed by atoms with Crippen molar-refractivity contribution in [2.45, 2.75) is 12.5 Å². The van der Waals surface area contributed by atoms with Crippen LogP contribution in [0.15, 0.2) is 60.9 Å². The Balaban J connectivity index is 1.85. The summed E-state index contributed by atoms with van der Waals surface area (Å²) >= 11 is 0. The van der Waals surface area contributed by atoms with Crippen LogP contribution in [-0.4, -0.2) is 15.1 Å². The number of aromatic nitrogens is 2. The van der Waals surface area contributed by atoms with Gasteiger partial charge in [-0.15, -0.1) is 0 Å². The molecule has 3 rings (SSSR count). The van der Waals surface area contributed by atoms with Gasteiger partial charge in [0, 0.05) is 18.8 Å². The molecule has 94 valence electrons. The third kappa shape index (κ3) is 2.61. The van der Waals surface area contributed by atoms with Gasteiger partial charge in [0.05, 0.1) is 0 Å². The number of benzene rings is 2. The van der Waals surface area contributed by atoms with E-state index in [2.05, 4.69) is 34.2 Å². The number of aliphatic hydroxyl groups excluding tert-OH is 1. The van der Waals surface area contributed by atoms with Gasteiger partial charge in [0.15, 0.2) is 5.82 Å². The number of hydrogen-bond donors (Lipinski definition) is 1. The van der Waals surface area contributed by atoms with E-state index in [0.717, 1.165) is 5.56 Å². The van der Waals surface area contributed by atoms with Crippen LogP contribution in [0.4, 0.5) is 0 Å². The van der Waals surface area contributed by atoms with Crippen LogP contribution in [0.25, 0.3) is 10.8 Å². The Labute approximate surface area is 111 Å². The van der Waals surface area contributed by atoms with E-state index in [1.54, 1.807) is 18.5 Å². The molecule has 1 atom stereocenters. The summed E-state index contributed by atoms with van der Waals surface area (Å²) in [4.78, 5) is 8.15. The number of rotatable bonds is 3. The monoisotopic (exact) mass is 250 g/mol. The molecule has 2 aromatic carbocycles. The first-order valence-electron chi connectivity index (χ1n) is 6.25. The molecule has 0 fully saturated rings. The van der Waals surface area contributed by atoms with Crippen molar-refractivity contribution in [2.24, 2.45) is 0 Å². The average Bonchev–Trinajstić information content (AvgIpc) is 2.48. The zero-order valence-corrected chi connectivity index (χ0v) is 10.4. The second-order valence-corrected chi connectivity index (χ2v) is 4.51. The normalized spacial score (nSPS) is 12.5. The summed E-state index contributed by atoms with van der Waals surface area (Å²) in [5, 5.41) is 12.5. The van der Waals surface area contributed by atoms with Gasteiger partial charge >= 0.3 is 0 Å². The molecule has 0 aliphatic heterocycles. The van der Waals surface area contributed by atoms with Crippen molar-refractivity contribution < 1.29 is 5.11 Å². The average molecular weight is 250 g/mol. The van der Waals surface area contributed by atoms with Crippen LogP contribution in [0.5, 0.6) is 0 Å². The van der Waals surface area contributed by atoms with Crippen LogP contribution in [0.3, 0.4) is 0 Å². The first kappa shape index (κ1) is 11.8. The second kappa shape index (κ2) is 5.16. The largest absolute Gasteiger partial charge is 0.385 e. The molecule has 1 aromatic heterocycles. The van der Waals surface area contributed by atoms with Crippen LogP contribution in [0.2, 0.25) is 0 Å². The third-order valence-corrected chi connectivity index (χ3v) is 3.13. The molecule has 0 saturated heterocycles. The lowest BCUT2D eigenvalue weighted by molar-refractivity contribution is 0.168. The molecular weight excluding hydrogens is 236 g/mol. The minimum Gasteiger partial charge on any atom is -0.385 e. The Morgan fingerprint density at radius 2 is 1.63 bits per heavy atom. The second-order valence-electron chi connectivity index (χ2n) is 4.51. The van der Waals surface area contributed by atoms with Crippen LogP contribution in [-0.2, 0) is 6.42 Å². The van der Waals surface area contributed by atoms with Gasteiger partial charge in [-0.3, -0.25) is 0 Å². The SMILES string of the molecule is OC(Cc1ccc2ccccc2c1)c1ncccn1. The predicted octanol–water partition coefficient (Wildman–Crippen LogP) is 2.91. The summed E-state index contributed by atoms with van der Waals surface area (Å²) in [6.07, 6.45) is 3.15. The van der Waals surface area contributed by atoms with Gasteiger partial charge in [-0.25, -0.2) is 9.97 Å². The highest BCUT2D eigenvalue weighted by atomic mass is 16.3. The van der Waals surface area contributed by atoms with E-state index in [-0.39, 0.29) is 0 Å². The molecule has 0 radical (unpaired) electrons. The first-order valence-corrected chi connectivity index (χ1v) is 6.25. The fraction of sp³-hybridized carbons (Fsp3) is 0.125. The lowest BCUT2D eigenvalue weighted by Crippen LogP contribution is -2.06. The Bertz CT molecular complexity index is 682. The van der Waals surface area contributed by atoms with E-state index in [9.17, 15) is 5.11 Å². The van der Waals surface area contributed by atoms with Gasteiger partial charge < -0.3 is 5.11 Å². The molecule has 1 heterocycles. The number of aliphatic hydroxyl groups is 1. The van der Waals surface area contributed by atoms with Crippen LogP contribution < -0.4 is 0 Å². The van der Waals surface area contributed by atoms with Gasteiger partial charge in [-0.05, 0) is 22.4 Å². The Morgan fingerprint density at radius 1 is 0.895 bits per heavy atom. The van der Waals surface area contributed by atoms with Crippen molar-refractivity contribution in [1.82, 2.24) is 9.97 Å². The third-order valence-electron chi connectivity index (χ3n) is 3.13. The smallest absolute Gasteiger partial charge is 0.157 e. The van der Waals surface area contributed by atoms with E-state index < -0.39 is 6.10 Å². The molecule has 0 aliphatic rings. The maximum Gasteiger partial charge on any atom is 0.157 e. The quantitative estimate of drug-likeness (QED) is 0.777. The van der Waals surface area contributed by atoms with Crippen LogP contribution in [0.1, 0.15) is 17.5 Å².